The van der Waals surface area contributed by atoms with Crippen LogP contribution < -0.4 is 16.2 Å². The first-order valence-electron chi connectivity index (χ1n) is 5.81. The van der Waals surface area contributed by atoms with Gasteiger partial charge in [-0.2, -0.15) is 0 Å². The van der Waals surface area contributed by atoms with Gasteiger partial charge in [0.2, 0.25) is 0 Å². The fraction of sp³-hybridized carbons (Fsp3) is 0.538. The number of halogens is 1. The summed E-state index contributed by atoms with van der Waals surface area (Å²) in [6.07, 6.45) is 0.907. The number of benzene rings is 1. The van der Waals surface area contributed by atoms with Crippen molar-refractivity contribution < 1.29 is 4.74 Å². The molecule has 0 spiro atoms. The Kier molecular flexibility index (Phi) is 5.25. The van der Waals surface area contributed by atoms with E-state index in [9.17, 15) is 0 Å². The summed E-state index contributed by atoms with van der Waals surface area (Å²) in [6.45, 7) is 4.77. The number of hydrogen-bond donors (Lipinski definition) is 2. The van der Waals surface area contributed by atoms with Crippen LogP contribution in [0, 0.1) is 12.8 Å². The zero-order chi connectivity index (χ0) is 13.0. The lowest BCUT2D eigenvalue weighted by Gasteiger charge is -2.22. The third kappa shape index (κ3) is 3.35. The van der Waals surface area contributed by atoms with Crippen molar-refractivity contribution in [3.05, 3.63) is 28.3 Å². The minimum absolute atomic E-state index is 0.0399. The topological polar surface area (TPSA) is 61.3 Å². The Morgan fingerprint density at radius 3 is 2.59 bits per heavy atom. The molecule has 0 aliphatic carbocycles. The molecule has 1 aromatic rings. The summed E-state index contributed by atoms with van der Waals surface area (Å²) < 4.78 is 5.18. The number of aryl methyl sites for hydroxylation is 1. The lowest BCUT2D eigenvalue weighted by Crippen LogP contribution is -2.22. The summed E-state index contributed by atoms with van der Waals surface area (Å²) in [6, 6.07) is 3.78. The summed E-state index contributed by atoms with van der Waals surface area (Å²) in [4.78, 5) is 0. The maximum absolute atomic E-state index is 6.23. The van der Waals surface area contributed by atoms with Crippen molar-refractivity contribution in [1.82, 2.24) is 0 Å². The highest BCUT2D eigenvalue weighted by Crippen LogP contribution is 2.32. The smallest absolute Gasteiger partial charge is 0.137 e. The highest BCUT2D eigenvalue weighted by Gasteiger charge is 2.18. The number of rotatable bonds is 5. The highest BCUT2D eigenvalue weighted by molar-refractivity contribution is 6.32. The fourth-order valence-corrected chi connectivity index (χ4v) is 2.18. The largest absolute Gasteiger partial charge is 0.495 e. The van der Waals surface area contributed by atoms with Crippen molar-refractivity contribution in [3.63, 3.8) is 0 Å². The SMILES string of the molecule is COc1cc(C)c(C(N)C(C)CCN)cc1Cl. The van der Waals surface area contributed by atoms with Crippen LogP contribution in [0.5, 0.6) is 5.75 Å². The molecule has 0 saturated heterocycles. The number of ether oxygens (including phenoxy) is 1. The molecule has 0 saturated carbocycles. The van der Waals surface area contributed by atoms with Gasteiger partial charge < -0.3 is 16.2 Å². The molecule has 1 rings (SSSR count). The van der Waals surface area contributed by atoms with Crippen LogP contribution in [-0.2, 0) is 0 Å². The Morgan fingerprint density at radius 1 is 1.41 bits per heavy atom. The van der Waals surface area contributed by atoms with Crippen molar-refractivity contribution in [2.45, 2.75) is 26.3 Å². The van der Waals surface area contributed by atoms with E-state index in [1.165, 1.54) is 0 Å². The predicted molar refractivity (Wildman–Crippen MR) is 72.5 cm³/mol. The molecule has 3 nitrogen and oxygen atoms in total. The van der Waals surface area contributed by atoms with Gasteiger partial charge in [0.05, 0.1) is 12.1 Å². The molecule has 1 aromatic carbocycles. The Morgan fingerprint density at radius 2 is 2.06 bits per heavy atom. The molecule has 96 valence electrons. The normalized spacial score (nSPS) is 14.5. The van der Waals surface area contributed by atoms with Gasteiger partial charge >= 0.3 is 0 Å². The summed E-state index contributed by atoms with van der Waals surface area (Å²) in [5.74, 6) is 1.02. The monoisotopic (exact) mass is 256 g/mol. The van der Waals surface area contributed by atoms with Crippen molar-refractivity contribution in [2.24, 2.45) is 17.4 Å². The Hall–Kier alpha value is -0.770. The first kappa shape index (κ1) is 14.3. The van der Waals surface area contributed by atoms with Gasteiger partial charge in [-0.25, -0.2) is 0 Å². The van der Waals surface area contributed by atoms with Crippen LogP contribution >= 0.6 is 11.6 Å². The molecule has 0 aromatic heterocycles. The van der Waals surface area contributed by atoms with Gasteiger partial charge in [-0.15, -0.1) is 0 Å². The zero-order valence-electron chi connectivity index (χ0n) is 10.7. The van der Waals surface area contributed by atoms with Crippen LogP contribution in [-0.4, -0.2) is 13.7 Å². The zero-order valence-corrected chi connectivity index (χ0v) is 11.4. The van der Waals surface area contributed by atoms with Crippen molar-refractivity contribution in [3.8, 4) is 5.75 Å². The Labute approximate surface area is 108 Å². The van der Waals surface area contributed by atoms with Crippen molar-refractivity contribution in [2.75, 3.05) is 13.7 Å². The van der Waals surface area contributed by atoms with Crippen molar-refractivity contribution in [1.29, 1.82) is 0 Å². The summed E-state index contributed by atoms with van der Waals surface area (Å²) in [5.41, 5.74) is 14.0. The first-order valence-corrected chi connectivity index (χ1v) is 6.18. The third-order valence-corrected chi connectivity index (χ3v) is 3.43. The van der Waals surface area contributed by atoms with E-state index in [2.05, 4.69) is 6.92 Å². The van der Waals surface area contributed by atoms with Gasteiger partial charge in [0.25, 0.3) is 0 Å². The van der Waals surface area contributed by atoms with Crippen molar-refractivity contribution >= 4 is 11.6 Å². The van der Waals surface area contributed by atoms with Gasteiger partial charge in [-0.3, -0.25) is 0 Å². The average Bonchev–Trinajstić information content (AvgIpc) is 2.31. The van der Waals surface area contributed by atoms with E-state index in [0.29, 0.717) is 23.2 Å². The molecule has 17 heavy (non-hydrogen) atoms. The molecule has 0 aliphatic rings. The number of hydrogen-bond acceptors (Lipinski definition) is 3. The second-order valence-corrected chi connectivity index (χ2v) is 4.83. The average molecular weight is 257 g/mol. The van der Waals surface area contributed by atoms with Crippen LogP contribution in [0.2, 0.25) is 5.02 Å². The van der Waals surface area contributed by atoms with Gasteiger partial charge in [0.15, 0.2) is 0 Å². The molecule has 4 heteroatoms. The number of methoxy groups -OCH3 is 1. The summed E-state index contributed by atoms with van der Waals surface area (Å²) >= 11 is 6.12. The fourth-order valence-electron chi connectivity index (χ4n) is 1.93. The van der Waals surface area contributed by atoms with Crippen LogP contribution in [0.15, 0.2) is 12.1 Å². The molecule has 0 aliphatic heterocycles. The minimum atomic E-state index is -0.0399. The van der Waals surface area contributed by atoms with E-state index in [0.717, 1.165) is 17.5 Å². The van der Waals surface area contributed by atoms with Gasteiger partial charge in [-0.1, -0.05) is 18.5 Å². The van der Waals surface area contributed by atoms with E-state index in [-0.39, 0.29) is 6.04 Å². The Bertz CT molecular complexity index is 382. The first-order chi connectivity index (χ1) is 8.01. The van der Waals surface area contributed by atoms with E-state index in [1.54, 1.807) is 7.11 Å². The van der Waals surface area contributed by atoms with Gasteiger partial charge in [0.1, 0.15) is 5.75 Å². The lowest BCUT2D eigenvalue weighted by atomic mass is 9.90. The lowest BCUT2D eigenvalue weighted by molar-refractivity contribution is 0.412. The maximum Gasteiger partial charge on any atom is 0.137 e. The molecule has 0 heterocycles. The molecular weight excluding hydrogens is 236 g/mol. The maximum atomic E-state index is 6.23. The van der Waals surface area contributed by atoms with Crippen LogP contribution in [0.25, 0.3) is 0 Å². The van der Waals surface area contributed by atoms with Crippen LogP contribution in [0.1, 0.15) is 30.5 Å². The van der Waals surface area contributed by atoms with Crippen LogP contribution in [0.4, 0.5) is 0 Å². The summed E-state index contributed by atoms with van der Waals surface area (Å²) in [5, 5.41) is 0.600. The van der Waals surface area contributed by atoms with E-state index >= 15 is 0 Å². The third-order valence-electron chi connectivity index (χ3n) is 3.13. The van der Waals surface area contributed by atoms with Gasteiger partial charge in [-0.05, 0) is 49.1 Å². The molecule has 4 N–H and O–H groups in total. The number of nitrogens with two attached hydrogens (primary N) is 2. The van der Waals surface area contributed by atoms with E-state index in [1.807, 2.05) is 19.1 Å². The van der Waals surface area contributed by atoms with E-state index < -0.39 is 0 Å². The molecule has 0 amide bonds. The molecular formula is C13H21ClN2O. The minimum Gasteiger partial charge on any atom is -0.495 e. The van der Waals surface area contributed by atoms with E-state index in [4.69, 9.17) is 27.8 Å². The van der Waals surface area contributed by atoms with Crippen LogP contribution in [0.3, 0.4) is 0 Å². The quantitative estimate of drug-likeness (QED) is 0.851. The highest BCUT2D eigenvalue weighted by atomic mass is 35.5. The van der Waals surface area contributed by atoms with Gasteiger partial charge in [0, 0.05) is 6.04 Å². The second kappa shape index (κ2) is 6.24. The standard InChI is InChI=1S/C13H21ClN2O/c1-8(4-5-15)13(16)10-7-11(14)12(17-3)6-9(10)2/h6-8,13H,4-5,15-16H2,1-3H3. The molecule has 2 unspecified atom stereocenters. The Balaban J connectivity index is 3.01. The molecule has 0 radical (unpaired) electrons. The molecule has 0 bridgehead atoms. The predicted octanol–water partition coefficient (Wildman–Crippen LogP) is 2.64. The summed E-state index contributed by atoms with van der Waals surface area (Å²) in [7, 11) is 1.61. The second-order valence-electron chi connectivity index (χ2n) is 4.42. The molecule has 2 atom stereocenters. The molecule has 0 fully saturated rings.